The average Bonchev–Trinajstić information content (AvgIpc) is 3.31. The van der Waals surface area contributed by atoms with Crippen molar-refractivity contribution in [2.75, 3.05) is 19.0 Å². The minimum Gasteiger partial charge on any atom is -0.472 e. The highest BCUT2D eigenvalue weighted by Crippen LogP contribution is 2.32. The van der Waals surface area contributed by atoms with Gasteiger partial charge < -0.3 is 14.2 Å². The van der Waals surface area contributed by atoms with Gasteiger partial charge >= 0.3 is 0 Å². The van der Waals surface area contributed by atoms with Crippen LogP contribution < -0.4 is 4.90 Å². The smallest absolute Gasteiger partial charge is 0.257 e. The molecule has 0 N–H and O–H groups in total. The van der Waals surface area contributed by atoms with E-state index in [9.17, 15) is 4.79 Å². The molecule has 0 atom stereocenters. The van der Waals surface area contributed by atoms with Gasteiger partial charge in [-0.25, -0.2) is 4.98 Å². The number of aryl methyl sites for hydroxylation is 1. The van der Waals surface area contributed by atoms with E-state index in [1.165, 1.54) is 11.8 Å². The van der Waals surface area contributed by atoms with E-state index in [1.807, 2.05) is 23.9 Å². The fourth-order valence-corrected chi connectivity index (χ4v) is 3.30. The number of carbonyl (C=O) groups excluding carboxylic acids is 1. The summed E-state index contributed by atoms with van der Waals surface area (Å²) in [7, 11) is 3.99. The van der Waals surface area contributed by atoms with E-state index >= 15 is 0 Å². The van der Waals surface area contributed by atoms with Gasteiger partial charge in [0.15, 0.2) is 0 Å². The van der Waals surface area contributed by atoms with Crippen LogP contribution in [0.2, 0.25) is 0 Å². The first-order valence-corrected chi connectivity index (χ1v) is 8.93. The van der Waals surface area contributed by atoms with Gasteiger partial charge in [0.2, 0.25) is 0 Å². The summed E-state index contributed by atoms with van der Waals surface area (Å²) in [6.07, 6.45) is 5.18. The second-order valence-electron chi connectivity index (χ2n) is 7.24. The van der Waals surface area contributed by atoms with E-state index in [-0.39, 0.29) is 5.91 Å². The summed E-state index contributed by atoms with van der Waals surface area (Å²) in [6.45, 7) is 2.63. The number of anilines is 1. The first kappa shape index (κ1) is 16.6. The zero-order valence-corrected chi connectivity index (χ0v) is 15.4. The number of nitrogens with zero attached hydrogens (tertiary/aromatic N) is 3. The van der Waals surface area contributed by atoms with E-state index < -0.39 is 0 Å². The van der Waals surface area contributed by atoms with Crippen molar-refractivity contribution < 1.29 is 9.21 Å². The summed E-state index contributed by atoms with van der Waals surface area (Å²) >= 11 is 0. The monoisotopic (exact) mass is 349 g/mol. The second-order valence-corrected chi connectivity index (χ2v) is 7.24. The third-order valence-electron chi connectivity index (χ3n) is 4.81. The topological polar surface area (TPSA) is 49.6 Å². The van der Waals surface area contributed by atoms with Crippen molar-refractivity contribution in [2.24, 2.45) is 0 Å². The van der Waals surface area contributed by atoms with E-state index in [2.05, 4.69) is 31.2 Å². The number of hydrogen-bond donors (Lipinski definition) is 0. The Kier molecular flexibility index (Phi) is 4.15. The SMILES string of the molecule is Cc1ccc2cc(CN(C(=O)c3ccoc3)C3CC3)c(N(C)C)nc2c1. The highest BCUT2D eigenvalue weighted by Gasteiger charge is 2.34. The number of furan rings is 1. The Bertz CT molecular complexity index is 943. The fourth-order valence-electron chi connectivity index (χ4n) is 3.30. The van der Waals surface area contributed by atoms with Crippen molar-refractivity contribution in [3.63, 3.8) is 0 Å². The number of hydrogen-bond acceptors (Lipinski definition) is 4. The molecule has 26 heavy (non-hydrogen) atoms. The summed E-state index contributed by atoms with van der Waals surface area (Å²) in [5.41, 5.74) is 3.84. The van der Waals surface area contributed by atoms with Gasteiger partial charge in [-0.2, -0.15) is 0 Å². The molecule has 2 aromatic heterocycles. The van der Waals surface area contributed by atoms with Crippen LogP contribution in [0.4, 0.5) is 5.82 Å². The van der Waals surface area contributed by atoms with Crippen LogP contribution in [0.1, 0.15) is 34.3 Å². The number of carbonyl (C=O) groups is 1. The van der Waals surface area contributed by atoms with Gasteiger partial charge in [-0.1, -0.05) is 12.1 Å². The second kappa shape index (κ2) is 6.48. The molecule has 0 spiro atoms. The molecule has 1 amide bonds. The fraction of sp³-hybridized carbons (Fsp3) is 0.333. The van der Waals surface area contributed by atoms with Crippen LogP contribution in [0.3, 0.4) is 0 Å². The molecule has 134 valence electrons. The Morgan fingerprint density at radius 1 is 1.23 bits per heavy atom. The minimum atomic E-state index is 0.0231. The molecule has 1 fully saturated rings. The first-order valence-electron chi connectivity index (χ1n) is 8.93. The van der Waals surface area contributed by atoms with Crippen LogP contribution in [0.25, 0.3) is 10.9 Å². The molecule has 3 aromatic rings. The Hall–Kier alpha value is -2.82. The minimum absolute atomic E-state index is 0.0231. The summed E-state index contributed by atoms with van der Waals surface area (Å²) in [5.74, 6) is 0.934. The number of benzene rings is 1. The predicted octanol–water partition coefficient (Wildman–Crippen LogP) is 4.01. The summed E-state index contributed by atoms with van der Waals surface area (Å²) < 4.78 is 5.10. The molecule has 1 aliphatic rings. The average molecular weight is 349 g/mol. The molecule has 2 heterocycles. The third kappa shape index (κ3) is 3.17. The number of pyridine rings is 1. The Morgan fingerprint density at radius 3 is 2.69 bits per heavy atom. The lowest BCUT2D eigenvalue weighted by atomic mass is 10.1. The maximum atomic E-state index is 12.9. The van der Waals surface area contributed by atoms with Gasteiger partial charge in [-0.3, -0.25) is 4.79 Å². The molecular weight excluding hydrogens is 326 g/mol. The lowest BCUT2D eigenvalue weighted by Gasteiger charge is -2.25. The molecule has 1 saturated carbocycles. The molecule has 0 bridgehead atoms. The van der Waals surface area contributed by atoms with Crippen molar-refractivity contribution >= 4 is 22.6 Å². The Labute approximate surface area is 153 Å². The quantitative estimate of drug-likeness (QED) is 0.698. The zero-order valence-electron chi connectivity index (χ0n) is 15.4. The third-order valence-corrected chi connectivity index (χ3v) is 4.81. The molecule has 5 heteroatoms. The van der Waals surface area contributed by atoms with Crippen molar-refractivity contribution in [3.05, 3.63) is 59.5 Å². The van der Waals surface area contributed by atoms with Gasteiger partial charge in [0.25, 0.3) is 5.91 Å². The first-order chi connectivity index (χ1) is 12.5. The molecule has 0 radical (unpaired) electrons. The molecule has 0 unspecified atom stereocenters. The van der Waals surface area contributed by atoms with Gasteiger partial charge in [0.1, 0.15) is 12.1 Å². The molecule has 0 aliphatic heterocycles. The van der Waals surface area contributed by atoms with E-state index in [4.69, 9.17) is 9.40 Å². The van der Waals surface area contributed by atoms with Crippen molar-refractivity contribution in [2.45, 2.75) is 32.4 Å². The van der Waals surface area contributed by atoms with Gasteiger partial charge in [0, 0.05) is 37.6 Å². The largest absolute Gasteiger partial charge is 0.472 e. The number of amides is 1. The maximum absolute atomic E-state index is 12.9. The number of fused-ring (bicyclic) bond motifs is 1. The zero-order chi connectivity index (χ0) is 18.3. The molecule has 0 saturated heterocycles. The highest BCUT2D eigenvalue weighted by atomic mass is 16.3. The van der Waals surface area contributed by atoms with Crippen molar-refractivity contribution in [3.8, 4) is 0 Å². The lowest BCUT2D eigenvalue weighted by molar-refractivity contribution is 0.0729. The summed E-state index contributed by atoms with van der Waals surface area (Å²) in [6, 6.07) is 10.5. The Morgan fingerprint density at radius 2 is 2.04 bits per heavy atom. The van der Waals surface area contributed by atoms with Gasteiger partial charge in [0.05, 0.1) is 17.3 Å². The van der Waals surface area contributed by atoms with Crippen molar-refractivity contribution in [1.29, 1.82) is 0 Å². The molecule has 1 aromatic carbocycles. The van der Waals surface area contributed by atoms with Gasteiger partial charge in [-0.05, 0) is 43.5 Å². The lowest BCUT2D eigenvalue weighted by Crippen LogP contribution is -2.33. The van der Waals surface area contributed by atoms with E-state index in [0.29, 0.717) is 18.2 Å². The van der Waals surface area contributed by atoms with Crippen LogP contribution >= 0.6 is 0 Å². The van der Waals surface area contributed by atoms with Gasteiger partial charge in [-0.15, -0.1) is 0 Å². The number of aromatic nitrogens is 1. The van der Waals surface area contributed by atoms with Crippen LogP contribution in [0.15, 0.2) is 47.3 Å². The molecule has 4 rings (SSSR count). The van der Waals surface area contributed by atoms with E-state index in [1.54, 1.807) is 12.3 Å². The predicted molar refractivity (Wildman–Crippen MR) is 102 cm³/mol. The molecule has 1 aliphatic carbocycles. The number of rotatable bonds is 5. The molecular formula is C21H23N3O2. The molecule has 5 nitrogen and oxygen atoms in total. The standard InChI is InChI=1S/C21H23N3O2/c1-14-4-5-15-11-17(20(23(2)3)22-19(15)10-14)12-24(18-6-7-18)21(25)16-8-9-26-13-16/h4-5,8-11,13,18H,6-7,12H2,1-3H3. The van der Waals surface area contributed by atoms with Crippen LogP contribution in [0, 0.1) is 6.92 Å². The van der Waals surface area contributed by atoms with Crippen LogP contribution in [-0.4, -0.2) is 35.9 Å². The summed E-state index contributed by atoms with van der Waals surface area (Å²) in [4.78, 5) is 21.7. The highest BCUT2D eigenvalue weighted by molar-refractivity contribution is 5.94. The normalized spacial score (nSPS) is 13.8. The van der Waals surface area contributed by atoms with Crippen LogP contribution in [-0.2, 0) is 6.54 Å². The van der Waals surface area contributed by atoms with Crippen molar-refractivity contribution in [1.82, 2.24) is 9.88 Å². The Balaban J connectivity index is 1.73. The summed E-state index contributed by atoms with van der Waals surface area (Å²) in [5, 5.41) is 1.10. The van der Waals surface area contributed by atoms with Crippen LogP contribution in [0.5, 0.6) is 0 Å². The van der Waals surface area contributed by atoms with E-state index in [0.717, 1.165) is 35.1 Å². The maximum Gasteiger partial charge on any atom is 0.257 e.